The summed E-state index contributed by atoms with van der Waals surface area (Å²) in [6, 6.07) is 2.12. The SMILES string of the molecule is CN1CCCCC1COc1c(F)cc(C(N)=NO)cc1F. The lowest BCUT2D eigenvalue weighted by Crippen LogP contribution is -2.40. The fraction of sp³-hybridized carbons (Fsp3) is 0.500. The number of piperidine rings is 1. The van der Waals surface area contributed by atoms with E-state index >= 15 is 0 Å². The summed E-state index contributed by atoms with van der Waals surface area (Å²) >= 11 is 0. The van der Waals surface area contributed by atoms with Gasteiger partial charge in [0.25, 0.3) is 0 Å². The Labute approximate surface area is 122 Å². The summed E-state index contributed by atoms with van der Waals surface area (Å²) in [5.74, 6) is -2.51. The third-order valence-electron chi connectivity index (χ3n) is 3.74. The van der Waals surface area contributed by atoms with Crippen LogP contribution in [0.1, 0.15) is 24.8 Å². The first-order chi connectivity index (χ1) is 10.0. The Hall–Kier alpha value is -1.89. The Morgan fingerprint density at radius 3 is 2.67 bits per heavy atom. The molecule has 1 aliphatic rings. The molecule has 1 aromatic carbocycles. The molecule has 7 heteroatoms. The summed E-state index contributed by atoms with van der Waals surface area (Å²) in [5.41, 5.74) is 5.28. The Bertz CT molecular complexity index is 514. The molecule has 1 unspecified atom stereocenters. The number of ether oxygens (including phenoxy) is 1. The predicted octanol–water partition coefficient (Wildman–Crippen LogP) is 1.92. The minimum atomic E-state index is -0.866. The molecule has 3 N–H and O–H groups in total. The van der Waals surface area contributed by atoms with Crippen molar-refractivity contribution in [3.8, 4) is 5.75 Å². The second-order valence-electron chi connectivity index (χ2n) is 5.20. The van der Waals surface area contributed by atoms with Crippen LogP contribution in [0, 0.1) is 11.6 Å². The van der Waals surface area contributed by atoms with E-state index < -0.39 is 17.4 Å². The number of likely N-dealkylation sites (N-methyl/N-ethyl adjacent to an activating group) is 1. The van der Waals surface area contributed by atoms with E-state index in [-0.39, 0.29) is 24.0 Å². The van der Waals surface area contributed by atoms with Crippen molar-refractivity contribution >= 4 is 5.84 Å². The maximum atomic E-state index is 13.9. The van der Waals surface area contributed by atoms with Crippen molar-refractivity contribution in [2.75, 3.05) is 20.2 Å². The van der Waals surface area contributed by atoms with Gasteiger partial charge in [-0.3, -0.25) is 0 Å². The topological polar surface area (TPSA) is 71.1 Å². The first kappa shape index (κ1) is 15.5. The molecule has 1 saturated heterocycles. The lowest BCUT2D eigenvalue weighted by atomic mass is 10.0. The second-order valence-corrected chi connectivity index (χ2v) is 5.20. The molecule has 1 aromatic rings. The summed E-state index contributed by atoms with van der Waals surface area (Å²) in [7, 11) is 1.97. The monoisotopic (exact) mass is 299 g/mol. The fourth-order valence-electron chi connectivity index (χ4n) is 2.44. The second kappa shape index (κ2) is 6.71. The van der Waals surface area contributed by atoms with Crippen molar-refractivity contribution in [2.45, 2.75) is 25.3 Å². The van der Waals surface area contributed by atoms with Gasteiger partial charge < -0.3 is 20.6 Å². The number of nitrogens with two attached hydrogens (primary N) is 1. The van der Waals surface area contributed by atoms with Crippen molar-refractivity contribution in [1.29, 1.82) is 0 Å². The van der Waals surface area contributed by atoms with Crippen LogP contribution in [0.3, 0.4) is 0 Å². The number of nitrogens with zero attached hydrogens (tertiary/aromatic N) is 2. The van der Waals surface area contributed by atoms with Crippen LogP contribution in [0.5, 0.6) is 5.75 Å². The van der Waals surface area contributed by atoms with Gasteiger partial charge in [-0.05, 0) is 38.6 Å². The standard InChI is InChI=1S/C14H19F2N3O2/c1-19-5-3-2-4-10(19)8-21-13-11(15)6-9(7-12(13)16)14(17)18-20/h6-7,10,20H,2-5,8H2,1H3,(H2,17,18). The minimum Gasteiger partial charge on any atom is -0.486 e. The molecule has 1 fully saturated rings. The van der Waals surface area contributed by atoms with Crippen LogP contribution in [0.4, 0.5) is 8.78 Å². The Balaban J connectivity index is 2.10. The number of likely N-dealkylation sites (tertiary alicyclic amines) is 1. The highest BCUT2D eigenvalue weighted by atomic mass is 19.1. The average molecular weight is 299 g/mol. The summed E-state index contributed by atoms with van der Waals surface area (Å²) in [5, 5.41) is 11.2. The number of halogens is 2. The molecular weight excluding hydrogens is 280 g/mol. The highest BCUT2D eigenvalue weighted by Crippen LogP contribution is 2.25. The Morgan fingerprint density at radius 1 is 1.43 bits per heavy atom. The van der Waals surface area contributed by atoms with Gasteiger partial charge >= 0.3 is 0 Å². The first-order valence-electron chi connectivity index (χ1n) is 6.83. The van der Waals surface area contributed by atoms with Crippen LogP contribution in [-0.4, -0.2) is 42.2 Å². The van der Waals surface area contributed by atoms with Crippen LogP contribution >= 0.6 is 0 Å². The van der Waals surface area contributed by atoms with Gasteiger partial charge in [-0.1, -0.05) is 11.6 Å². The van der Waals surface area contributed by atoms with Crippen LogP contribution in [0.25, 0.3) is 0 Å². The summed E-state index contributed by atoms with van der Waals surface area (Å²) in [6.45, 7) is 1.19. The zero-order chi connectivity index (χ0) is 15.4. The normalized spacial score (nSPS) is 20.5. The number of benzene rings is 1. The number of amidine groups is 1. The largest absolute Gasteiger partial charge is 0.486 e. The summed E-state index contributed by atoms with van der Waals surface area (Å²) < 4.78 is 33.1. The van der Waals surface area contributed by atoms with Gasteiger partial charge in [0.05, 0.1) is 0 Å². The van der Waals surface area contributed by atoms with E-state index in [0.29, 0.717) is 0 Å². The van der Waals surface area contributed by atoms with Crippen LogP contribution in [0.2, 0.25) is 0 Å². The van der Waals surface area contributed by atoms with Crippen LogP contribution < -0.4 is 10.5 Å². The molecule has 0 aliphatic carbocycles. The molecule has 1 aliphatic heterocycles. The highest BCUT2D eigenvalue weighted by molar-refractivity contribution is 5.97. The molecule has 21 heavy (non-hydrogen) atoms. The van der Waals surface area contributed by atoms with Crippen molar-refractivity contribution < 1.29 is 18.7 Å². The lowest BCUT2D eigenvalue weighted by molar-refractivity contribution is 0.120. The molecule has 0 bridgehead atoms. The quantitative estimate of drug-likeness (QED) is 0.386. The molecule has 2 rings (SSSR count). The number of oxime groups is 1. The summed E-state index contributed by atoms with van der Waals surface area (Å²) in [4.78, 5) is 2.13. The van der Waals surface area contributed by atoms with Gasteiger partial charge in [-0.25, -0.2) is 8.78 Å². The number of rotatable bonds is 4. The fourth-order valence-corrected chi connectivity index (χ4v) is 2.44. The van der Waals surface area contributed by atoms with E-state index in [9.17, 15) is 8.78 Å². The molecule has 1 heterocycles. The van der Waals surface area contributed by atoms with E-state index in [0.717, 1.165) is 37.9 Å². The molecular formula is C14H19F2N3O2. The van der Waals surface area contributed by atoms with Gasteiger partial charge in [0.2, 0.25) is 0 Å². The smallest absolute Gasteiger partial charge is 0.190 e. The van der Waals surface area contributed by atoms with Crippen LogP contribution in [0.15, 0.2) is 17.3 Å². The minimum absolute atomic E-state index is 0.0327. The molecule has 5 nitrogen and oxygen atoms in total. The molecule has 0 radical (unpaired) electrons. The maximum absolute atomic E-state index is 13.9. The van der Waals surface area contributed by atoms with Crippen LogP contribution in [-0.2, 0) is 0 Å². The molecule has 116 valence electrons. The van der Waals surface area contributed by atoms with E-state index in [4.69, 9.17) is 15.7 Å². The third kappa shape index (κ3) is 3.60. The number of hydrogen-bond acceptors (Lipinski definition) is 4. The van der Waals surface area contributed by atoms with E-state index in [1.165, 1.54) is 0 Å². The van der Waals surface area contributed by atoms with Crippen molar-refractivity contribution in [3.05, 3.63) is 29.3 Å². The highest BCUT2D eigenvalue weighted by Gasteiger charge is 2.21. The average Bonchev–Trinajstić information content (AvgIpc) is 2.47. The van der Waals surface area contributed by atoms with Gasteiger partial charge in [0, 0.05) is 11.6 Å². The van der Waals surface area contributed by atoms with Gasteiger partial charge in [-0.2, -0.15) is 0 Å². The molecule has 0 spiro atoms. The van der Waals surface area contributed by atoms with Gasteiger partial charge in [-0.15, -0.1) is 0 Å². The predicted molar refractivity (Wildman–Crippen MR) is 74.6 cm³/mol. The van der Waals surface area contributed by atoms with Gasteiger partial charge in [0.15, 0.2) is 23.2 Å². The number of hydrogen-bond donors (Lipinski definition) is 2. The zero-order valence-electron chi connectivity index (χ0n) is 11.9. The van der Waals surface area contributed by atoms with E-state index in [1.807, 2.05) is 7.05 Å². The van der Waals surface area contributed by atoms with E-state index in [1.54, 1.807) is 0 Å². The van der Waals surface area contributed by atoms with Gasteiger partial charge in [0.1, 0.15) is 6.61 Å². The molecule has 0 amide bonds. The Morgan fingerprint density at radius 2 is 2.10 bits per heavy atom. The molecule has 0 saturated carbocycles. The van der Waals surface area contributed by atoms with Crippen molar-refractivity contribution in [3.63, 3.8) is 0 Å². The van der Waals surface area contributed by atoms with Crippen molar-refractivity contribution in [1.82, 2.24) is 4.90 Å². The lowest BCUT2D eigenvalue weighted by Gasteiger charge is -2.32. The van der Waals surface area contributed by atoms with Crippen molar-refractivity contribution in [2.24, 2.45) is 10.9 Å². The molecule has 1 atom stereocenters. The first-order valence-corrected chi connectivity index (χ1v) is 6.83. The Kier molecular flexibility index (Phi) is 4.95. The third-order valence-corrected chi connectivity index (χ3v) is 3.74. The maximum Gasteiger partial charge on any atom is 0.190 e. The zero-order valence-corrected chi connectivity index (χ0v) is 11.9. The molecule has 0 aromatic heterocycles. The summed E-state index contributed by atoms with van der Waals surface area (Å²) in [6.07, 6.45) is 3.16. The van der Waals surface area contributed by atoms with E-state index in [2.05, 4.69) is 10.1 Å².